The molecule has 0 saturated heterocycles. The smallest absolute Gasteiger partial charge is 0.326 e. The monoisotopic (exact) mass is 477 g/mol. The van der Waals surface area contributed by atoms with E-state index in [2.05, 4.69) is 28.6 Å². The standard InChI is InChI=1S/C19H35N5O7S/c1-10(2)7-13(23-16(27)11(21)9-32)17(28)24-14(8-15(25)26)18(29)22-12(19(30)31)5-3-4-6-20/h10-14,32H,3-9,20-21H2,1-2H3,(H,22,29)(H,23,27)(H,24,28)(H,25,26)(H,30,31). The molecule has 0 saturated carbocycles. The molecule has 0 bridgehead atoms. The van der Waals surface area contributed by atoms with E-state index in [9.17, 15) is 29.1 Å². The van der Waals surface area contributed by atoms with Crippen LogP contribution in [-0.4, -0.2) is 76.3 Å². The molecule has 3 amide bonds. The number of carboxylic acids is 2. The van der Waals surface area contributed by atoms with Gasteiger partial charge in [0.05, 0.1) is 12.5 Å². The van der Waals surface area contributed by atoms with E-state index in [0.29, 0.717) is 19.4 Å². The predicted molar refractivity (Wildman–Crippen MR) is 120 cm³/mol. The molecule has 32 heavy (non-hydrogen) atoms. The van der Waals surface area contributed by atoms with Gasteiger partial charge in [-0.3, -0.25) is 19.2 Å². The van der Waals surface area contributed by atoms with Crippen molar-refractivity contribution in [3.8, 4) is 0 Å². The molecule has 9 N–H and O–H groups in total. The topological polar surface area (TPSA) is 214 Å². The lowest BCUT2D eigenvalue weighted by atomic mass is 10.0. The van der Waals surface area contributed by atoms with Crippen molar-refractivity contribution in [2.24, 2.45) is 17.4 Å². The van der Waals surface area contributed by atoms with Gasteiger partial charge in [-0.2, -0.15) is 12.6 Å². The summed E-state index contributed by atoms with van der Waals surface area (Å²) in [4.78, 5) is 60.1. The van der Waals surface area contributed by atoms with Crippen LogP contribution in [0, 0.1) is 5.92 Å². The lowest BCUT2D eigenvalue weighted by Gasteiger charge is -2.25. The molecule has 184 valence electrons. The average Bonchev–Trinajstić information content (AvgIpc) is 2.70. The predicted octanol–water partition coefficient (Wildman–Crippen LogP) is -1.57. The molecule has 0 heterocycles. The Labute approximate surface area is 192 Å². The van der Waals surface area contributed by atoms with Crippen molar-refractivity contribution in [3.05, 3.63) is 0 Å². The maximum absolute atomic E-state index is 12.8. The summed E-state index contributed by atoms with van der Waals surface area (Å²) in [5.74, 6) is -5.00. The number of hydrogen-bond donors (Lipinski definition) is 8. The van der Waals surface area contributed by atoms with Gasteiger partial charge < -0.3 is 37.6 Å². The zero-order valence-corrected chi connectivity index (χ0v) is 19.3. The van der Waals surface area contributed by atoms with Crippen LogP contribution in [-0.2, 0) is 24.0 Å². The summed E-state index contributed by atoms with van der Waals surface area (Å²) < 4.78 is 0. The van der Waals surface area contributed by atoms with Gasteiger partial charge in [-0.25, -0.2) is 4.79 Å². The van der Waals surface area contributed by atoms with E-state index in [1.165, 1.54) is 0 Å². The number of nitrogens with two attached hydrogens (primary N) is 2. The van der Waals surface area contributed by atoms with E-state index in [4.69, 9.17) is 16.6 Å². The van der Waals surface area contributed by atoms with E-state index in [0.717, 1.165) is 0 Å². The highest BCUT2D eigenvalue weighted by Crippen LogP contribution is 2.08. The molecule has 0 aliphatic rings. The Kier molecular flexibility index (Phi) is 14.3. The lowest BCUT2D eigenvalue weighted by molar-refractivity contribution is -0.143. The van der Waals surface area contributed by atoms with Gasteiger partial charge in [-0.15, -0.1) is 0 Å². The van der Waals surface area contributed by atoms with Crippen LogP contribution in [0.5, 0.6) is 0 Å². The molecule has 0 rings (SSSR count). The fraction of sp³-hybridized carbons (Fsp3) is 0.737. The molecular weight excluding hydrogens is 442 g/mol. The molecule has 0 aromatic rings. The summed E-state index contributed by atoms with van der Waals surface area (Å²) in [6.45, 7) is 3.98. The summed E-state index contributed by atoms with van der Waals surface area (Å²) in [5, 5.41) is 25.5. The molecule has 0 radical (unpaired) electrons. The van der Waals surface area contributed by atoms with Gasteiger partial charge in [0.2, 0.25) is 17.7 Å². The van der Waals surface area contributed by atoms with Crippen molar-refractivity contribution in [1.82, 2.24) is 16.0 Å². The normalized spacial score (nSPS) is 14.7. The number of rotatable bonds is 16. The quantitative estimate of drug-likeness (QED) is 0.0950. The van der Waals surface area contributed by atoms with Gasteiger partial charge in [-0.1, -0.05) is 13.8 Å². The van der Waals surface area contributed by atoms with Gasteiger partial charge in [-0.05, 0) is 38.1 Å². The zero-order valence-electron chi connectivity index (χ0n) is 18.4. The molecular formula is C19H35N5O7S. The van der Waals surface area contributed by atoms with Gasteiger partial charge in [0.1, 0.15) is 18.1 Å². The Balaban J connectivity index is 5.42. The molecule has 0 aromatic heterocycles. The van der Waals surface area contributed by atoms with Crippen LogP contribution in [0.2, 0.25) is 0 Å². The van der Waals surface area contributed by atoms with Gasteiger partial charge >= 0.3 is 11.9 Å². The van der Waals surface area contributed by atoms with Gasteiger partial charge in [0.15, 0.2) is 0 Å². The van der Waals surface area contributed by atoms with Crippen LogP contribution in [0.4, 0.5) is 0 Å². The third-order valence-electron chi connectivity index (χ3n) is 4.45. The van der Waals surface area contributed by atoms with Crippen molar-refractivity contribution in [2.45, 2.75) is 70.1 Å². The number of thiol groups is 1. The number of carbonyl (C=O) groups excluding carboxylic acids is 3. The Bertz CT molecular complexity index is 662. The molecule has 13 heteroatoms. The summed E-state index contributed by atoms with van der Waals surface area (Å²) >= 11 is 3.94. The largest absolute Gasteiger partial charge is 0.481 e. The summed E-state index contributed by atoms with van der Waals surface area (Å²) in [6.07, 6.45) is 0.525. The fourth-order valence-corrected chi connectivity index (χ4v) is 2.91. The molecule has 0 aliphatic heterocycles. The Morgan fingerprint density at radius 3 is 1.88 bits per heavy atom. The van der Waals surface area contributed by atoms with E-state index >= 15 is 0 Å². The molecule has 0 spiro atoms. The zero-order chi connectivity index (χ0) is 24.8. The highest BCUT2D eigenvalue weighted by Gasteiger charge is 2.31. The first kappa shape index (κ1) is 29.6. The fourth-order valence-electron chi connectivity index (χ4n) is 2.74. The lowest BCUT2D eigenvalue weighted by Crippen LogP contribution is -2.57. The third-order valence-corrected chi connectivity index (χ3v) is 4.84. The first-order valence-electron chi connectivity index (χ1n) is 10.3. The minimum atomic E-state index is -1.54. The number of carboxylic acid groups (broad SMARTS) is 2. The van der Waals surface area contributed by atoms with Crippen molar-refractivity contribution >= 4 is 42.3 Å². The van der Waals surface area contributed by atoms with Crippen LogP contribution >= 0.6 is 12.6 Å². The molecule has 4 unspecified atom stereocenters. The molecule has 0 aliphatic carbocycles. The molecule has 12 nitrogen and oxygen atoms in total. The third kappa shape index (κ3) is 11.9. The van der Waals surface area contributed by atoms with Gasteiger partial charge in [0, 0.05) is 5.75 Å². The van der Waals surface area contributed by atoms with Crippen molar-refractivity contribution in [2.75, 3.05) is 12.3 Å². The van der Waals surface area contributed by atoms with Gasteiger partial charge in [0.25, 0.3) is 0 Å². The first-order valence-corrected chi connectivity index (χ1v) is 11.0. The minimum absolute atomic E-state index is 0.0241. The maximum atomic E-state index is 12.8. The SMILES string of the molecule is CC(C)CC(NC(=O)C(N)CS)C(=O)NC(CC(=O)O)C(=O)NC(CCCCN)C(=O)O. The van der Waals surface area contributed by atoms with E-state index < -0.39 is 60.2 Å². The number of aliphatic carboxylic acids is 2. The molecule has 0 fully saturated rings. The number of amides is 3. The molecule has 0 aromatic carbocycles. The van der Waals surface area contributed by atoms with Crippen LogP contribution in [0.25, 0.3) is 0 Å². The summed E-state index contributed by atoms with van der Waals surface area (Å²) in [5.41, 5.74) is 11.0. The Morgan fingerprint density at radius 1 is 0.875 bits per heavy atom. The number of hydrogen-bond acceptors (Lipinski definition) is 8. The van der Waals surface area contributed by atoms with Crippen molar-refractivity contribution < 1.29 is 34.2 Å². The Hall–Kier alpha value is -2.38. The highest BCUT2D eigenvalue weighted by molar-refractivity contribution is 7.80. The maximum Gasteiger partial charge on any atom is 0.326 e. The number of nitrogens with one attached hydrogen (secondary N) is 3. The molecule has 4 atom stereocenters. The highest BCUT2D eigenvalue weighted by atomic mass is 32.1. The average molecular weight is 478 g/mol. The van der Waals surface area contributed by atoms with Crippen LogP contribution in [0.3, 0.4) is 0 Å². The minimum Gasteiger partial charge on any atom is -0.481 e. The van der Waals surface area contributed by atoms with Crippen molar-refractivity contribution in [3.63, 3.8) is 0 Å². The second kappa shape index (κ2) is 15.4. The second-order valence-corrected chi connectivity index (χ2v) is 8.19. The summed E-state index contributed by atoms with van der Waals surface area (Å²) in [6, 6.07) is -4.83. The Morgan fingerprint density at radius 2 is 1.41 bits per heavy atom. The summed E-state index contributed by atoms with van der Waals surface area (Å²) in [7, 11) is 0. The first-order chi connectivity index (χ1) is 14.9. The van der Waals surface area contributed by atoms with Crippen LogP contribution in [0.1, 0.15) is 46.0 Å². The number of carbonyl (C=O) groups is 5. The number of unbranched alkanes of at least 4 members (excludes halogenated alkanes) is 1. The van der Waals surface area contributed by atoms with E-state index in [-0.39, 0.29) is 24.5 Å². The van der Waals surface area contributed by atoms with E-state index in [1.807, 2.05) is 13.8 Å². The van der Waals surface area contributed by atoms with Crippen LogP contribution in [0.15, 0.2) is 0 Å². The van der Waals surface area contributed by atoms with Crippen molar-refractivity contribution in [1.29, 1.82) is 0 Å². The second-order valence-electron chi connectivity index (χ2n) is 7.82. The van der Waals surface area contributed by atoms with Crippen LogP contribution < -0.4 is 27.4 Å². The van der Waals surface area contributed by atoms with E-state index in [1.54, 1.807) is 0 Å².